The van der Waals surface area contributed by atoms with E-state index in [1.54, 1.807) is 12.1 Å². The topological polar surface area (TPSA) is 66.5 Å². The van der Waals surface area contributed by atoms with Gasteiger partial charge in [-0.25, -0.2) is 8.42 Å². The molecule has 6 heteroatoms. The van der Waals surface area contributed by atoms with Crippen molar-refractivity contribution < 1.29 is 13.2 Å². The highest BCUT2D eigenvalue weighted by molar-refractivity contribution is 7.89. The van der Waals surface area contributed by atoms with Crippen molar-refractivity contribution >= 4 is 15.9 Å². The second-order valence-corrected chi connectivity index (χ2v) is 9.65. The Kier molecular flexibility index (Phi) is 5.72. The lowest BCUT2D eigenvalue weighted by Gasteiger charge is -2.28. The van der Waals surface area contributed by atoms with Gasteiger partial charge in [0.1, 0.15) is 0 Å². The summed E-state index contributed by atoms with van der Waals surface area (Å²) in [6.07, 6.45) is 5.20. The van der Waals surface area contributed by atoms with Gasteiger partial charge < -0.3 is 5.32 Å². The normalized spacial score (nSPS) is 26.2. The molecular formula is C20H30N2O3S. The molecule has 1 aromatic carbocycles. The van der Waals surface area contributed by atoms with E-state index in [2.05, 4.69) is 12.2 Å². The van der Waals surface area contributed by atoms with Crippen LogP contribution in [-0.2, 0) is 10.0 Å². The van der Waals surface area contributed by atoms with Gasteiger partial charge in [0.05, 0.1) is 4.90 Å². The summed E-state index contributed by atoms with van der Waals surface area (Å²) in [5.41, 5.74) is 0.513. The molecule has 1 aromatic rings. The van der Waals surface area contributed by atoms with Crippen molar-refractivity contribution in [3.05, 3.63) is 29.8 Å². The second kappa shape index (κ2) is 7.69. The first kappa shape index (κ1) is 19.4. The van der Waals surface area contributed by atoms with E-state index in [-0.39, 0.29) is 16.8 Å². The fourth-order valence-electron chi connectivity index (χ4n) is 4.79. The van der Waals surface area contributed by atoms with Crippen LogP contribution in [0.3, 0.4) is 0 Å². The number of sulfonamides is 1. The second-order valence-electron chi connectivity index (χ2n) is 7.71. The summed E-state index contributed by atoms with van der Waals surface area (Å²) in [4.78, 5) is 12.8. The van der Waals surface area contributed by atoms with Crippen LogP contribution >= 0.6 is 0 Å². The van der Waals surface area contributed by atoms with Crippen molar-refractivity contribution in [2.75, 3.05) is 13.1 Å². The zero-order valence-electron chi connectivity index (χ0n) is 15.9. The van der Waals surface area contributed by atoms with E-state index >= 15 is 0 Å². The van der Waals surface area contributed by atoms with Crippen molar-refractivity contribution in [1.82, 2.24) is 9.62 Å². The molecule has 4 atom stereocenters. The zero-order chi connectivity index (χ0) is 18.9. The molecule has 0 radical (unpaired) electrons. The van der Waals surface area contributed by atoms with Crippen LogP contribution in [-0.4, -0.2) is 37.8 Å². The summed E-state index contributed by atoms with van der Waals surface area (Å²) >= 11 is 0. The molecule has 2 bridgehead atoms. The number of fused-ring (bicyclic) bond motifs is 2. The first-order valence-electron chi connectivity index (χ1n) is 9.77. The van der Waals surface area contributed by atoms with Crippen molar-refractivity contribution in [2.45, 2.75) is 57.4 Å². The molecule has 2 saturated carbocycles. The average Bonchev–Trinajstić information content (AvgIpc) is 3.26. The van der Waals surface area contributed by atoms with Crippen molar-refractivity contribution in [3.63, 3.8) is 0 Å². The Balaban J connectivity index is 1.65. The number of rotatable bonds is 7. The summed E-state index contributed by atoms with van der Waals surface area (Å²) in [6.45, 7) is 6.60. The van der Waals surface area contributed by atoms with Gasteiger partial charge in [0, 0.05) is 24.7 Å². The summed E-state index contributed by atoms with van der Waals surface area (Å²) < 4.78 is 26.5. The van der Waals surface area contributed by atoms with Gasteiger partial charge >= 0.3 is 0 Å². The van der Waals surface area contributed by atoms with E-state index in [0.717, 1.165) is 11.8 Å². The molecule has 0 aromatic heterocycles. The molecule has 26 heavy (non-hydrogen) atoms. The third-order valence-electron chi connectivity index (χ3n) is 6.25. The largest absolute Gasteiger partial charge is 0.349 e. The Labute approximate surface area is 157 Å². The van der Waals surface area contributed by atoms with E-state index in [1.807, 2.05) is 13.8 Å². The van der Waals surface area contributed by atoms with E-state index in [9.17, 15) is 13.2 Å². The smallest absolute Gasteiger partial charge is 0.251 e. The van der Waals surface area contributed by atoms with E-state index in [4.69, 9.17) is 0 Å². The first-order valence-corrected chi connectivity index (χ1v) is 11.2. The van der Waals surface area contributed by atoms with E-state index < -0.39 is 10.0 Å². The molecule has 0 spiro atoms. The fraction of sp³-hybridized carbons (Fsp3) is 0.650. The highest BCUT2D eigenvalue weighted by Crippen LogP contribution is 2.49. The van der Waals surface area contributed by atoms with Crippen molar-refractivity contribution in [2.24, 2.45) is 17.8 Å². The number of nitrogens with zero attached hydrogens (tertiary/aromatic N) is 1. The Morgan fingerprint density at radius 1 is 1.15 bits per heavy atom. The van der Waals surface area contributed by atoms with Gasteiger partial charge in [0.2, 0.25) is 10.0 Å². The molecule has 3 rings (SSSR count). The number of hydrogen-bond donors (Lipinski definition) is 1. The molecule has 2 aliphatic rings. The minimum Gasteiger partial charge on any atom is -0.349 e. The lowest BCUT2D eigenvalue weighted by atomic mass is 9.84. The molecular weight excluding hydrogens is 348 g/mol. The number of amides is 1. The third-order valence-corrected chi connectivity index (χ3v) is 8.32. The van der Waals surface area contributed by atoms with Gasteiger partial charge in [-0.3, -0.25) is 4.79 Å². The highest BCUT2D eigenvalue weighted by Gasteiger charge is 2.42. The molecule has 0 aliphatic heterocycles. The van der Waals surface area contributed by atoms with Crippen LogP contribution in [0.15, 0.2) is 29.2 Å². The Morgan fingerprint density at radius 2 is 1.81 bits per heavy atom. The maximum Gasteiger partial charge on any atom is 0.251 e. The number of carbonyl (C=O) groups is 1. The SMILES string of the molecule is CCN(CC)S(=O)(=O)c1ccc(C(=O)N[C@@H](C)[C@@H]2C[C@H]3CC[C@H]2C3)cc1. The average molecular weight is 379 g/mol. The van der Waals surface area contributed by atoms with Gasteiger partial charge in [0.15, 0.2) is 0 Å². The molecule has 144 valence electrons. The van der Waals surface area contributed by atoms with E-state index in [0.29, 0.717) is 24.6 Å². The molecule has 0 unspecified atom stereocenters. The molecule has 1 amide bonds. The monoisotopic (exact) mass is 378 g/mol. The van der Waals surface area contributed by atoms with Crippen LogP contribution in [0.5, 0.6) is 0 Å². The van der Waals surface area contributed by atoms with Gasteiger partial charge in [0.25, 0.3) is 5.91 Å². The van der Waals surface area contributed by atoms with E-state index in [1.165, 1.54) is 42.1 Å². The fourth-order valence-corrected chi connectivity index (χ4v) is 6.25. The van der Waals surface area contributed by atoms with Gasteiger partial charge in [-0.1, -0.05) is 20.3 Å². The minimum absolute atomic E-state index is 0.118. The van der Waals surface area contributed by atoms with Crippen molar-refractivity contribution in [1.29, 1.82) is 0 Å². The predicted molar refractivity (Wildman–Crippen MR) is 102 cm³/mol. The van der Waals surface area contributed by atoms with Gasteiger partial charge in [-0.05, 0) is 68.2 Å². The maximum absolute atomic E-state index is 12.6. The summed E-state index contributed by atoms with van der Waals surface area (Å²) in [5, 5.41) is 3.13. The molecule has 0 heterocycles. The Morgan fingerprint density at radius 3 is 2.31 bits per heavy atom. The summed E-state index contributed by atoms with van der Waals surface area (Å²) in [5.74, 6) is 2.08. The van der Waals surface area contributed by atoms with Crippen LogP contribution < -0.4 is 5.32 Å². The van der Waals surface area contributed by atoms with Crippen LogP contribution in [0, 0.1) is 17.8 Å². The first-order chi connectivity index (χ1) is 12.4. The standard InChI is InChI=1S/C20H30N2O3S/c1-4-22(5-2)26(24,25)18-10-8-16(9-11-18)20(23)21-14(3)19-13-15-6-7-17(19)12-15/h8-11,14-15,17,19H,4-7,12-13H2,1-3H3,(H,21,23)/t14-,15-,17-,19-/m0/s1. The van der Waals surface area contributed by atoms with Gasteiger partial charge in [-0.15, -0.1) is 0 Å². The Hall–Kier alpha value is -1.40. The lowest BCUT2D eigenvalue weighted by molar-refractivity contribution is 0.0915. The number of benzene rings is 1. The van der Waals surface area contributed by atoms with Crippen LogP contribution in [0.25, 0.3) is 0 Å². The van der Waals surface area contributed by atoms with Crippen LogP contribution in [0.2, 0.25) is 0 Å². The predicted octanol–water partition coefficient (Wildman–Crippen LogP) is 3.27. The molecule has 2 fully saturated rings. The maximum atomic E-state index is 12.6. The molecule has 0 saturated heterocycles. The summed E-state index contributed by atoms with van der Waals surface area (Å²) in [6, 6.07) is 6.45. The van der Waals surface area contributed by atoms with Crippen LogP contribution in [0.4, 0.5) is 0 Å². The van der Waals surface area contributed by atoms with Crippen molar-refractivity contribution in [3.8, 4) is 0 Å². The third kappa shape index (κ3) is 3.67. The number of hydrogen-bond acceptors (Lipinski definition) is 3. The zero-order valence-corrected chi connectivity index (χ0v) is 16.8. The number of carbonyl (C=O) groups excluding carboxylic acids is 1. The molecule has 2 aliphatic carbocycles. The lowest BCUT2D eigenvalue weighted by Crippen LogP contribution is -2.40. The quantitative estimate of drug-likeness (QED) is 0.792. The molecule has 5 nitrogen and oxygen atoms in total. The Bertz CT molecular complexity index is 741. The minimum atomic E-state index is -3.48. The summed E-state index contributed by atoms with van der Waals surface area (Å²) in [7, 11) is -3.48. The number of nitrogens with one attached hydrogen (secondary N) is 1. The van der Waals surface area contributed by atoms with Crippen LogP contribution in [0.1, 0.15) is 56.8 Å². The highest BCUT2D eigenvalue weighted by atomic mass is 32.2. The van der Waals surface area contributed by atoms with Gasteiger partial charge in [-0.2, -0.15) is 4.31 Å². The molecule has 1 N–H and O–H groups in total.